The van der Waals surface area contributed by atoms with E-state index in [1.54, 1.807) is 35.8 Å². The number of hydrogen-bond donors (Lipinski definition) is 2. The lowest BCUT2D eigenvalue weighted by Crippen LogP contribution is -2.64. The van der Waals surface area contributed by atoms with E-state index in [0.29, 0.717) is 17.8 Å². The molecule has 4 rings (SSSR count). The third-order valence-electron chi connectivity index (χ3n) is 6.62. The predicted octanol–water partition coefficient (Wildman–Crippen LogP) is 2.63. The summed E-state index contributed by atoms with van der Waals surface area (Å²) in [5.74, 6) is -1.17. The van der Waals surface area contributed by atoms with Gasteiger partial charge in [0.25, 0.3) is 11.8 Å². The third-order valence-corrected chi connectivity index (χ3v) is 6.62. The molecule has 1 aromatic heterocycles. The van der Waals surface area contributed by atoms with Gasteiger partial charge in [-0.2, -0.15) is 0 Å². The standard InChI is InChI=1S/C24H29N5O4/c1-4-29-22(32)20-19(21(31)26-18-11-9-16(10-12-18)15(2)30)25-14-28(20)13-24(29,3)23(33)27-17-7-5-6-8-17/h9-12,14,17H,4-8,13H2,1-3H3,(H,26,31)(H,27,33). The normalized spacial score (nSPS) is 20.5. The number of imidazole rings is 1. The van der Waals surface area contributed by atoms with Crippen molar-refractivity contribution in [2.45, 2.75) is 64.6 Å². The van der Waals surface area contributed by atoms with Crippen molar-refractivity contribution in [3.8, 4) is 0 Å². The zero-order valence-corrected chi connectivity index (χ0v) is 19.2. The maximum absolute atomic E-state index is 13.4. The number of amides is 3. The van der Waals surface area contributed by atoms with E-state index < -0.39 is 17.4 Å². The number of nitrogens with zero attached hydrogens (tertiary/aromatic N) is 3. The van der Waals surface area contributed by atoms with Gasteiger partial charge in [-0.3, -0.25) is 19.2 Å². The van der Waals surface area contributed by atoms with Crippen molar-refractivity contribution >= 4 is 29.2 Å². The number of nitrogens with one attached hydrogen (secondary N) is 2. The van der Waals surface area contributed by atoms with Crippen LogP contribution in [-0.2, 0) is 11.3 Å². The Hall–Kier alpha value is -3.49. The van der Waals surface area contributed by atoms with Crippen LogP contribution in [-0.4, -0.2) is 56.1 Å². The number of aromatic nitrogens is 2. The molecule has 9 nitrogen and oxygen atoms in total. The van der Waals surface area contributed by atoms with Crippen molar-refractivity contribution in [1.29, 1.82) is 0 Å². The van der Waals surface area contributed by atoms with Crippen molar-refractivity contribution in [2.24, 2.45) is 0 Å². The van der Waals surface area contributed by atoms with E-state index in [1.807, 2.05) is 6.92 Å². The van der Waals surface area contributed by atoms with E-state index in [-0.39, 0.29) is 35.7 Å². The number of carbonyl (C=O) groups excluding carboxylic acids is 4. The van der Waals surface area contributed by atoms with Gasteiger partial charge in [-0.25, -0.2) is 4.98 Å². The number of carbonyl (C=O) groups is 4. The molecule has 3 amide bonds. The molecule has 1 saturated carbocycles. The molecule has 9 heteroatoms. The fraction of sp³-hybridized carbons (Fsp3) is 0.458. The molecule has 2 N–H and O–H groups in total. The molecule has 2 heterocycles. The van der Waals surface area contributed by atoms with E-state index in [9.17, 15) is 19.2 Å². The first-order valence-electron chi connectivity index (χ1n) is 11.3. The van der Waals surface area contributed by atoms with Gasteiger partial charge < -0.3 is 20.1 Å². The van der Waals surface area contributed by atoms with Crippen LogP contribution in [0.25, 0.3) is 0 Å². The van der Waals surface area contributed by atoms with Gasteiger partial charge in [-0.15, -0.1) is 0 Å². The summed E-state index contributed by atoms with van der Waals surface area (Å²) >= 11 is 0. The highest BCUT2D eigenvalue weighted by molar-refractivity contribution is 6.11. The summed E-state index contributed by atoms with van der Waals surface area (Å²) in [6.07, 6.45) is 5.54. The quantitative estimate of drug-likeness (QED) is 0.656. The summed E-state index contributed by atoms with van der Waals surface area (Å²) in [5.41, 5.74) is 0.130. The number of benzene rings is 1. The monoisotopic (exact) mass is 451 g/mol. The van der Waals surface area contributed by atoms with Crippen LogP contribution in [0, 0.1) is 0 Å². The molecule has 0 spiro atoms. The Bertz CT molecular complexity index is 1100. The molecule has 1 aliphatic heterocycles. The molecular weight excluding hydrogens is 422 g/mol. The maximum atomic E-state index is 13.4. The first-order chi connectivity index (χ1) is 15.7. The molecule has 1 fully saturated rings. The summed E-state index contributed by atoms with van der Waals surface area (Å²) < 4.78 is 1.59. The molecule has 0 bridgehead atoms. The number of fused-ring (bicyclic) bond motifs is 1. The van der Waals surface area contributed by atoms with Crippen molar-refractivity contribution in [1.82, 2.24) is 19.8 Å². The second-order valence-corrected chi connectivity index (χ2v) is 8.94. The molecule has 1 atom stereocenters. The molecular formula is C24H29N5O4. The van der Waals surface area contributed by atoms with E-state index in [1.165, 1.54) is 18.2 Å². The molecule has 174 valence electrons. The van der Waals surface area contributed by atoms with Gasteiger partial charge in [0.1, 0.15) is 11.2 Å². The second-order valence-electron chi connectivity index (χ2n) is 8.94. The minimum Gasteiger partial charge on any atom is -0.351 e. The SMILES string of the molecule is CCN1C(=O)c2c(C(=O)Nc3ccc(C(C)=O)cc3)ncn2CC1(C)C(=O)NC1CCCC1. The Labute approximate surface area is 192 Å². The van der Waals surface area contributed by atoms with E-state index in [4.69, 9.17) is 0 Å². The fourth-order valence-electron chi connectivity index (χ4n) is 4.74. The molecule has 2 aromatic rings. The minimum absolute atomic E-state index is 0.00680. The number of ketones is 1. The second kappa shape index (κ2) is 8.80. The van der Waals surface area contributed by atoms with E-state index in [2.05, 4.69) is 15.6 Å². The lowest BCUT2D eigenvalue weighted by atomic mass is 9.94. The van der Waals surface area contributed by atoms with E-state index in [0.717, 1.165) is 25.7 Å². The zero-order chi connectivity index (χ0) is 23.8. The highest BCUT2D eigenvalue weighted by atomic mass is 16.2. The van der Waals surface area contributed by atoms with Crippen molar-refractivity contribution < 1.29 is 19.2 Å². The number of hydrogen-bond acceptors (Lipinski definition) is 5. The Morgan fingerprint density at radius 3 is 2.42 bits per heavy atom. The molecule has 1 aromatic carbocycles. The zero-order valence-electron chi connectivity index (χ0n) is 19.2. The summed E-state index contributed by atoms with van der Waals surface area (Å²) in [7, 11) is 0. The van der Waals surface area contributed by atoms with Crippen LogP contribution in [0.4, 0.5) is 5.69 Å². The van der Waals surface area contributed by atoms with Crippen LogP contribution >= 0.6 is 0 Å². The first kappa shape index (κ1) is 22.7. The van der Waals surface area contributed by atoms with Gasteiger partial charge in [-0.1, -0.05) is 12.8 Å². The molecule has 2 aliphatic rings. The van der Waals surface area contributed by atoms with Crippen LogP contribution in [0.5, 0.6) is 0 Å². The lowest BCUT2D eigenvalue weighted by Gasteiger charge is -2.43. The highest BCUT2D eigenvalue weighted by Gasteiger charge is 2.48. The summed E-state index contributed by atoms with van der Waals surface area (Å²) in [5, 5.41) is 5.84. The number of rotatable bonds is 6. The maximum Gasteiger partial charge on any atom is 0.276 e. The van der Waals surface area contributed by atoms with Gasteiger partial charge in [0.2, 0.25) is 5.91 Å². The topological polar surface area (TPSA) is 113 Å². The molecule has 1 aliphatic carbocycles. The summed E-state index contributed by atoms with van der Waals surface area (Å²) in [6.45, 7) is 5.59. The van der Waals surface area contributed by atoms with Crippen molar-refractivity contribution in [3.05, 3.63) is 47.5 Å². The highest BCUT2D eigenvalue weighted by Crippen LogP contribution is 2.30. The lowest BCUT2D eigenvalue weighted by molar-refractivity contribution is -0.133. The van der Waals surface area contributed by atoms with Crippen LogP contribution < -0.4 is 10.6 Å². The van der Waals surface area contributed by atoms with Gasteiger partial charge in [0.05, 0.1) is 12.9 Å². The molecule has 33 heavy (non-hydrogen) atoms. The van der Waals surface area contributed by atoms with Crippen LogP contribution in [0.3, 0.4) is 0 Å². The molecule has 0 radical (unpaired) electrons. The van der Waals surface area contributed by atoms with Crippen LogP contribution in [0.2, 0.25) is 0 Å². The van der Waals surface area contributed by atoms with Crippen molar-refractivity contribution in [3.63, 3.8) is 0 Å². The van der Waals surface area contributed by atoms with Crippen LogP contribution in [0.1, 0.15) is 77.8 Å². The third kappa shape index (κ3) is 4.15. The molecule has 0 saturated heterocycles. The van der Waals surface area contributed by atoms with Gasteiger partial charge in [0, 0.05) is 23.8 Å². The van der Waals surface area contributed by atoms with Gasteiger partial charge in [-0.05, 0) is 57.9 Å². The van der Waals surface area contributed by atoms with Crippen molar-refractivity contribution in [2.75, 3.05) is 11.9 Å². The number of likely N-dealkylation sites (N-methyl/N-ethyl adjacent to an activating group) is 1. The fourth-order valence-corrected chi connectivity index (χ4v) is 4.74. The van der Waals surface area contributed by atoms with Gasteiger partial charge >= 0.3 is 0 Å². The van der Waals surface area contributed by atoms with Gasteiger partial charge in [0.15, 0.2) is 11.5 Å². The van der Waals surface area contributed by atoms with E-state index >= 15 is 0 Å². The smallest absolute Gasteiger partial charge is 0.276 e. The predicted molar refractivity (Wildman–Crippen MR) is 122 cm³/mol. The average Bonchev–Trinajstić information content (AvgIpc) is 3.44. The average molecular weight is 452 g/mol. The summed E-state index contributed by atoms with van der Waals surface area (Å²) in [6, 6.07) is 6.64. The van der Waals surface area contributed by atoms with Crippen LogP contribution in [0.15, 0.2) is 30.6 Å². The minimum atomic E-state index is -1.07. The Morgan fingerprint density at radius 1 is 1.15 bits per heavy atom. The molecule has 1 unspecified atom stereocenters. The Morgan fingerprint density at radius 2 is 1.82 bits per heavy atom. The Kier molecular flexibility index (Phi) is 6.05. The first-order valence-corrected chi connectivity index (χ1v) is 11.3. The number of anilines is 1. The largest absolute Gasteiger partial charge is 0.351 e. The Balaban J connectivity index is 1.57. The number of Topliss-reactive ketones (excluding diaryl/α,β-unsaturated/α-hetero) is 1. The summed E-state index contributed by atoms with van der Waals surface area (Å²) in [4.78, 5) is 56.7.